The molecule has 1 fully saturated rings. The van der Waals surface area contributed by atoms with Gasteiger partial charge < -0.3 is 0 Å². The van der Waals surface area contributed by atoms with Gasteiger partial charge >= 0.3 is 15.5 Å². The lowest BCUT2D eigenvalue weighted by Gasteiger charge is -2.31. The van der Waals surface area contributed by atoms with E-state index < -0.39 is 15.5 Å². The zero-order chi connectivity index (χ0) is 16.8. The number of piperidine rings is 1. The van der Waals surface area contributed by atoms with Crippen LogP contribution in [0.2, 0.25) is 0 Å². The highest BCUT2D eigenvalue weighted by molar-refractivity contribution is 9.10. The van der Waals surface area contributed by atoms with Crippen LogP contribution in [0.25, 0.3) is 10.9 Å². The van der Waals surface area contributed by atoms with Gasteiger partial charge in [0.15, 0.2) is 0 Å². The normalized spacial score (nSPS) is 18.6. The van der Waals surface area contributed by atoms with Gasteiger partial charge in [-0.2, -0.15) is 22.6 Å². The van der Waals surface area contributed by atoms with Crippen molar-refractivity contribution in [1.82, 2.24) is 14.5 Å². The molecule has 3 rings (SSSR count). The van der Waals surface area contributed by atoms with Crippen molar-refractivity contribution in [3.8, 4) is 0 Å². The molecule has 0 radical (unpaired) electrons. The molecule has 126 valence electrons. The van der Waals surface area contributed by atoms with Gasteiger partial charge in [0.05, 0.1) is 5.52 Å². The fourth-order valence-corrected chi connectivity index (χ4v) is 4.19. The van der Waals surface area contributed by atoms with Crippen molar-refractivity contribution in [2.24, 2.45) is 0 Å². The summed E-state index contributed by atoms with van der Waals surface area (Å²) in [6.45, 7) is -0.304. The molecule has 0 unspecified atom stereocenters. The summed E-state index contributed by atoms with van der Waals surface area (Å²) in [7, 11) is -5.24. The van der Waals surface area contributed by atoms with Crippen LogP contribution in [0.3, 0.4) is 0 Å². The minimum absolute atomic E-state index is 0.0472. The van der Waals surface area contributed by atoms with Crippen LogP contribution in [0.1, 0.15) is 24.5 Å². The minimum Gasteiger partial charge on any atom is -0.281 e. The summed E-state index contributed by atoms with van der Waals surface area (Å²) in [4.78, 5) is 0. The van der Waals surface area contributed by atoms with Crippen molar-refractivity contribution in [1.29, 1.82) is 0 Å². The largest absolute Gasteiger partial charge is 0.511 e. The molecule has 23 heavy (non-hydrogen) atoms. The summed E-state index contributed by atoms with van der Waals surface area (Å²) >= 11 is 3.38. The summed E-state index contributed by atoms with van der Waals surface area (Å²) in [6, 6.07) is 5.58. The lowest BCUT2D eigenvalue weighted by molar-refractivity contribution is -0.0494. The molecule has 1 aromatic carbocycles. The van der Waals surface area contributed by atoms with Crippen LogP contribution >= 0.6 is 15.9 Å². The van der Waals surface area contributed by atoms with E-state index in [-0.39, 0.29) is 19.0 Å². The molecule has 2 aromatic rings. The van der Waals surface area contributed by atoms with E-state index in [1.54, 1.807) is 0 Å². The molecule has 0 atom stereocenters. The smallest absolute Gasteiger partial charge is 0.281 e. The molecule has 1 saturated heterocycles. The van der Waals surface area contributed by atoms with Crippen LogP contribution in [0.5, 0.6) is 0 Å². The van der Waals surface area contributed by atoms with Crippen LogP contribution in [0, 0.1) is 0 Å². The quantitative estimate of drug-likeness (QED) is 0.823. The SMILES string of the molecule is O=S(=O)(N1CCC(c2[nH]nc3ccc(Br)cc23)CC1)C(F)(F)F. The molecule has 0 aliphatic carbocycles. The van der Waals surface area contributed by atoms with Crippen molar-refractivity contribution in [2.45, 2.75) is 24.3 Å². The number of halogens is 4. The van der Waals surface area contributed by atoms with Gasteiger partial charge in [-0.3, -0.25) is 5.10 Å². The van der Waals surface area contributed by atoms with Gasteiger partial charge in [0.1, 0.15) is 0 Å². The van der Waals surface area contributed by atoms with Gasteiger partial charge in [0.25, 0.3) is 0 Å². The van der Waals surface area contributed by atoms with Crippen LogP contribution in [-0.2, 0) is 10.0 Å². The first kappa shape index (κ1) is 16.7. The number of fused-ring (bicyclic) bond motifs is 1. The number of hydrogen-bond donors (Lipinski definition) is 1. The van der Waals surface area contributed by atoms with Crippen molar-refractivity contribution in [3.63, 3.8) is 0 Å². The summed E-state index contributed by atoms with van der Waals surface area (Å²) in [6.07, 6.45) is 0.637. The number of nitrogens with zero attached hydrogens (tertiary/aromatic N) is 2. The van der Waals surface area contributed by atoms with E-state index >= 15 is 0 Å². The fourth-order valence-electron chi connectivity index (χ4n) is 2.84. The second-order valence-corrected chi connectivity index (χ2v) is 8.27. The van der Waals surface area contributed by atoms with E-state index in [1.165, 1.54) is 0 Å². The maximum atomic E-state index is 12.6. The van der Waals surface area contributed by atoms with Crippen molar-refractivity contribution in [2.75, 3.05) is 13.1 Å². The first-order valence-corrected chi connectivity index (χ1v) is 9.13. The first-order chi connectivity index (χ1) is 10.7. The standard InChI is InChI=1S/C13H13BrF3N3O2S/c14-9-1-2-11-10(7-9)12(19-18-11)8-3-5-20(6-4-8)23(21,22)13(15,16)17/h1-2,7-8H,3-6H2,(H,18,19). The van der Waals surface area contributed by atoms with E-state index in [4.69, 9.17) is 0 Å². The molecular formula is C13H13BrF3N3O2S. The zero-order valence-corrected chi connectivity index (χ0v) is 14.2. The van der Waals surface area contributed by atoms with Crippen molar-refractivity contribution < 1.29 is 21.6 Å². The molecule has 0 saturated carbocycles. The Morgan fingerprint density at radius 2 is 1.91 bits per heavy atom. The maximum Gasteiger partial charge on any atom is 0.511 e. The van der Waals surface area contributed by atoms with Crippen LogP contribution < -0.4 is 0 Å². The minimum atomic E-state index is -5.24. The predicted molar refractivity (Wildman–Crippen MR) is 82.3 cm³/mol. The van der Waals surface area contributed by atoms with Crippen LogP contribution in [0.4, 0.5) is 13.2 Å². The third kappa shape index (κ3) is 2.99. The Balaban J connectivity index is 1.80. The van der Waals surface area contributed by atoms with Gasteiger partial charge in [-0.15, -0.1) is 0 Å². The third-order valence-electron chi connectivity index (χ3n) is 4.04. The van der Waals surface area contributed by atoms with E-state index in [0.29, 0.717) is 17.1 Å². The zero-order valence-electron chi connectivity index (χ0n) is 11.8. The monoisotopic (exact) mass is 411 g/mol. The summed E-state index contributed by atoms with van der Waals surface area (Å²) in [5.74, 6) is -0.0472. The van der Waals surface area contributed by atoms with Gasteiger partial charge in [-0.25, -0.2) is 8.42 Å². The predicted octanol–water partition coefficient (Wildman–Crippen LogP) is 3.35. The first-order valence-electron chi connectivity index (χ1n) is 6.90. The molecule has 0 amide bonds. The van der Waals surface area contributed by atoms with Crippen LogP contribution in [0.15, 0.2) is 22.7 Å². The Morgan fingerprint density at radius 1 is 1.26 bits per heavy atom. The lowest BCUT2D eigenvalue weighted by atomic mass is 9.92. The Morgan fingerprint density at radius 3 is 2.52 bits per heavy atom. The molecule has 1 aromatic heterocycles. The number of nitrogens with one attached hydrogen (secondary N) is 1. The lowest BCUT2D eigenvalue weighted by Crippen LogP contribution is -2.44. The van der Waals surface area contributed by atoms with Gasteiger partial charge in [0, 0.05) is 34.6 Å². The maximum absolute atomic E-state index is 12.6. The fraction of sp³-hybridized carbons (Fsp3) is 0.462. The Kier molecular flexibility index (Phi) is 4.18. The van der Waals surface area contributed by atoms with E-state index in [9.17, 15) is 21.6 Å². The number of aromatic nitrogens is 2. The third-order valence-corrected chi connectivity index (χ3v) is 6.16. The second kappa shape index (κ2) is 5.75. The van der Waals surface area contributed by atoms with Crippen molar-refractivity contribution >= 4 is 36.9 Å². The molecule has 0 bridgehead atoms. The summed E-state index contributed by atoms with van der Waals surface area (Å²) in [5, 5.41) is 8.02. The molecular weight excluding hydrogens is 399 g/mol. The number of aromatic amines is 1. The number of sulfonamides is 1. The molecule has 1 aliphatic heterocycles. The van der Waals surface area contributed by atoms with E-state index in [0.717, 1.165) is 21.1 Å². The number of rotatable bonds is 2. The molecule has 1 aliphatic rings. The number of benzene rings is 1. The Labute approximate surface area is 139 Å². The van der Waals surface area contributed by atoms with E-state index in [2.05, 4.69) is 26.1 Å². The second-order valence-electron chi connectivity index (χ2n) is 5.42. The average Bonchev–Trinajstić information content (AvgIpc) is 2.89. The molecule has 5 nitrogen and oxygen atoms in total. The number of hydrogen-bond acceptors (Lipinski definition) is 3. The highest BCUT2D eigenvalue weighted by Gasteiger charge is 2.50. The summed E-state index contributed by atoms with van der Waals surface area (Å²) < 4.78 is 62.0. The highest BCUT2D eigenvalue weighted by atomic mass is 79.9. The number of alkyl halides is 3. The number of H-pyrrole nitrogens is 1. The highest BCUT2D eigenvalue weighted by Crippen LogP contribution is 2.36. The topological polar surface area (TPSA) is 66.1 Å². The molecule has 10 heteroatoms. The van der Waals surface area contributed by atoms with Gasteiger partial charge in [-0.1, -0.05) is 15.9 Å². The van der Waals surface area contributed by atoms with Crippen LogP contribution in [-0.4, -0.2) is 41.5 Å². The van der Waals surface area contributed by atoms with Gasteiger partial charge in [0.2, 0.25) is 0 Å². The molecule has 1 N–H and O–H groups in total. The van der Waals surface area contributed by atoms with Gasteiger partial charge in [-0.05, 0) is 31.0 Å². The molecule has 0 spiro atoms. The van der Waals surface area contributed by atoms with E-state index in [1.807, 2.05) is 18.2 Å². The Bertz CT molecular complexity index is 827. The molecule has 2 heterocycles. The Hall–Kier alpha value is -1.13. The average molecular weight is 412 g/mol. The van der Waals surface area contributed by atoms with Crippen molar-refractivity contribution in [3.05, 3.63) is 28.4 Å². The summed E-state index contributed by atoms with van der Waals surface area (Å²) in [5.41, 5.74) is -3.63.